The maximum Gasteiger partial charge on any atom is 0.415 e. The molecule has 0 spiro atoms. The number of aryl methyl sites for hydroxylation is 2. The first-order valence-electron chi connectivity index (χ1n) is 8.96. The lowest BCUT2D eigenvalue weighted by Gasteiger charge is -2.34. The maximum absolute atomic E-state index is 12.9. The molecule has 1 aliphatic heterocycles. The van der Waals surface area contributed by atoms with Gasteiger partial charge in [-0.1, -0.05) is 18.2 Å². The Balaban J connectivity index is 1.61. The summed E-state index contributed by atoms with van der Waals surface area (Å²) in [6.07, 6.45) is -0.384. The normalized spacial score (nSPS) is 14.0. The minimum atomic E-state index is -0.384. The quantitative estimate of drug-likeness (QED) is 0.834. The van der Waals surface area contributed by atoms with Crippen LogP contribution >= 0.6 is 0 Å². The lowest BCUT2D eigenvalue weighted by Crippen LogP contribution is -2.51. The van der Waals surface area contributed by atoms with Gasteiger partial charge in [-0.3, -0.25) is 4.79 Å². The number of amides is 2. The molecule has 1 fully saturated rings. The zero-order valence-electron chi connectivity index (χ0n) is 15.9. The van der Waals surface area contributed by atoms with Crippen LogP contribution in [0.25, 0.3) is 0 Å². The van der Waals surface area contributed by atoms with Crippen LogP contribution in [0, 0.1) is 13.8 Å². The van der Waals surface area contributed by atoms with Crippen LogP contribution in [0.15, 0.2) is 42.5 Å². The van der Waals surface area contributed by atoms with Gasteiger partial charge in [0.05, 0.1) is 7.11 Å². The van der Waals surface area contributed by atoms with Crippen LogP contribution in [0.4, 0.5) is 4.79 Å². The molecule has 0 N–H and O–H groups in total. The summed E-state index contributed by atoms with van der Waals surface area (Å²) in [7, 11) is 1.62. The summed E-state index contributed by atoms with van der Waals surface area (Å²) in [5.41, 5.74) is 2.48. The molecule has 142 valence electrons. The van der Waals surface area contributed by atoms with Gasteiger partial charge in [-0.25, -0.2) is 4.79 Å². The van der Waals surface area contributed by atoms with Gasteiger partial charge in [0, 0.05) is 31.7 Å². The molecule has 0 radical (unpaired) electrons. The fraction of sp³-hybridized carbons (Fsp3) is 0.333. The Morgan fingerprint density at radius 2 is 1.52 bits per heavy atom. The Morgan fingerprint density at radius 3 is 2.15 bits per heavy atom. The molecule has 3 rings (SSSR count). The van der Waals surface area contributed by atoms with Crippen molar-refractivity contribution in [1.29, 1.82) is 0 Å². The van der Waals surface area contributed by atoms with Crippen molar-refractivity contribution < 1.29 is 19.1 Å². The highest BCUT2D eigenvalue weighted by molar-refractivity contribution is 5.96. The highest BCUT2D eigenvalue weighted by atomic mass is 16.6. The van der Waals surface area contributed by atoms with Crippen molar-refractivity contribution in [1.82, 2.24) is 9.80 Å². The minimum absolute atomic E-state index is 0.0191. The van der Waals surface area contributed by atoms with E-state index in [1.54, 1.807) is 29.0 Å². The molecule has 0 aliphatic carbocycles. The third-order valence-corrected chi connectivity index (χ3v) is 4.75. The lowest BCUT2D eigenvalue weighted by atomic mass is 10.0. The number of para-hydroxylation sites is 1. The summed E-state index contributed by atoms with van der Waals surface area (Å²) < 4.78 is 10.7. The zero-order valence-corrected chi connectivity index (χ0v) is 15.9. The largest absolute Gasteiger partial charge is 0.496 e. The number of methoxy groups -OCH3 is 1. The third-order valence-electron chi connectivity index (χ3n) is 4.75. The SMILES string of the molecule is COc1cc(C)c(C(=O)N2CCN(C(=O)Oc3ccccc3)CC2)cc1C. The second kappa shape index (κ2) is 8.12. The second-order valence-electron chi connectivity index (χ2n) is 6.60. The summed E-state index contributed by atoms with van der Waals surface area (Å²) in [4.78, 5) is 28.6. The van der Waals surface area contributed by atoms with Crippen molar-refractivity contribution in [2.24, 2.45) is 0 Å². The van der Waals surface area contributed by atoms with Crippen LogP contribution in [-0.2, 0) is 0 Å². The third kappa shape index (κ3) is 4.22. The first kappa shape index (κ1) is 18.8. The Labute approximate surface area is 159 Å². The Bertz CT molecular complexity index is 828. The molecule has 2 amide bonds. The summed E-state index contributed by atoms with van der Waals surface area (Å²) in [6.45, 7) is 5.69. The van der Waals surface area contributed by atoms with E-state index in [2.05, 4.69) is 0 Å². The second-order valence-corrected chi connectivity index (χ2v) is 6.60. The van der Waals surface area contributed by atoms with Crippen LogP contribution in [0.2, 0.25) is 0 Å². The molecule has 2 aromatic carbocycles. The predicted octanol–water partition coefficient (Wildman–Crippen LogP) is 3.27. The van der Waals surface area contributed by atoms with Crippen molar-refractivity contribution >= 4 is 12.0 Å². The Hall–Kier alpha value is -3.02. The average molecular weight is 368 g/mol. The van der Waals surface area contributed by atoms with Crippen molar-refractivity contribution in [2.75, 3.05) is 33.3 Å². The number of rotatable bonds is 3. The number of nitrogens with zero attached hydrogens (tertiary/aromatic N) is 2. The average Bonchev–Trinajstić information content (AvgIpc) is 2.69. The van der Waals surface area contributed by atoms with Crippen LogP contribution < -0.4 is 9.47 Å². The lowest BCUT2D eigenvalue weighted by molar-refractivity contribution is 0.0632. The smallest absolute Gasteiger partial charge is 0.415 e. The summed E-state index contributed by atoms with van der Waals surface area (Å²) in [6, 6.07) is 12.7. The summed E-state index contributed by atoms with van der Waals surface area (Å²) in [5, 5.41) is 0. The van der Waals surface area contributed by atoms with E-state index in [0.29, 0.717) is 37.5 Å². The summed E-state index contributed by atoms with van der Waals surface area (Å²) in [5.74, 6) is 1.28. The molecule has 27 heavy (non-hydrogen) atoms. The van der Waals surface area contributed by atoms with E-state index in [0.717, 1.165) is 16.9 Å². The molecular formula is C21H24N2O4. The number of hydrogen-bond donors (Lipinski definition) is 0. The van der Waals surface area contributed by atoms with E-state index in [1.807, 2.05) is 44.2 Å². The molecule has 0 atom stereocenters. The van der Waals surface area contributed by atoms with Gasteiger partial charge in [0.15, 0.2) is 0 Å². The highest BCUT2D eigenvalue weighted by Crippen LogP contribution is 2.24. The predicted molar refractivity (Wildman–Crippen MR) is 102 cm³/mol. The van der Waals surface area contributed by atoms with Crippen LogP contribution in [0.1, 0.15) is 21.5 Å². The van der Waals surface area contributed by atoms with Gasteiger partial charge >= 0.3 is 6.09 Å². The van der Waals surface area contributed by atoms with Crippen molar-refractivity contribution in [2.45, 2.75) is 13.8 Å². The van der Waals surface area contributed by atoms with Gasteiger partial charge < -0.3 is 19.3 Å². The first-order valence-corrected chi connectivity index (χ1v) is 8.96. The molecule has 6 nitrogen and oxygen atoms in total. The van der Waals surface area contributed by atoms with E-state index >= 15 is 0 Å². The van der Waals surface area contributed by atoms with Gasteiger partial charge in [-0.15, -0.1) is 0 Å². The first-order chi connectivity index (χ1) is 13.0. The number of carbonyl (C=O) groups excluding carboxylic acids is 2. The molecule has 0 unspecified atom stereocenters. The molecule has 0 saturated carbocycles. The fourth-order valence-electron chi connectivity index (χ4n) is 3.16. The van der Waals surface area contributed by atoms with Gasteiger partial charge in [0.25, 0.3) is 5.91 Å². The fourth-order valence-corrected chi connectivity index (χ4v) is 3.16. The van der Waals surface area contributed by atoms with Gasteiger partial charge in [-0.2, -0.15) is 0 Å². The Morgan fingerprint density at radius 1 is 0.889 bits per heavy atom. The Kier molecular flexibility index (Phi) is 5.64. The number of benzene rings is 2. The van der Waals surface area contributed by atoms with E-state index < -0.39 is 0 Å². The minimum Gasteiger partial charge on any atom is -0.496 e. The molecule has 2 aromatic rings. The van der Waals surface area contributed by atoms with E-state index in [-0.39, 0.29) is 12.0 Å². The molecule has 1 saturated heterocycles. The van der Waals surface area contributed by atoms with Crippen LogP contribution in [-0.4, -0.2) is 55.1 Å². The molecular weight excluding hydrogens is 344 g/mol. The molecule has 1 heterocycles. The van der Waals surface area contributed by atoms with Crippen molar-refractivity contribution in [3.05, 3.63) is 59.2 Å². The van der Waals surface area contributed by atoms with Crippen LogP contribution in [0.3, 0.4) is 0 Å². The molecule has 6 heteroatoms. The van der Waals surface area contributed by atoms with Gasteiger partial charge in [-0.05, 0) is 49.2 Å². The van der Waals surface area contributed by atoms with Crippen molar-refractivity contribution in [3.8, 4) is 11.5 Å². The highest BCUT2D eigenvalue weighted by Gasteiger charge is 2.27. The maximum atomic E-state index is 12.9. The number of carbonyl (C=O) groups is 2. The van der Waals surface area contributed by atoms with E-state index in [9.17, 15) is 9.59 Å². The van der Waals surface area contributed by atoms with E-state index in [1.165, 1.54) is 0 Å². The summed E-state index contributed by atoms with van der Waals surface area (Å²) >= 11 is 0. The molecule has 0 bridgehead atoms. The monoisotopic (exact) mass is 368 g/mol. The zero-order chi connectivity index (χ0) is 19.4. The topological polar surface area (TPSA) is 59.1 Å². The van der Waals surface area contributed by atoms with Crippen LogP contribution in [0.5, 0.6) is 11.5 Å². The number of ether oxygens (including phenoxy) is 2. The van der Waals surface area contributed by atoms with Crippen molar-refractivity contribution in [3.63, 3.8) is 0 Å². The molecule has 0 aromatic heterocycles. The number of piperazine rings is 1. The number of hydrogen-bond acceptors (Lipinski definition) is 4. The van der Waals surface area contributed by atoms with Gasteiger partial charge in [0.2, 0.25) is 0 Å². The van der Waals surface area contributed by atoms with E-state index in [4.69, 9.17) is 9.47 Å². The molecule has 1 aliphatic rings. The standard InChI is InChI=1S/C21H24N2O4/c1-15-14-19(26-3)16(2)13-18(15)20(24)22-9-11-23(12-10-22)21(25)27-17-7-5-4-6-8-17/h4-8,13-14H,9-12H2,1-3H3. The van der Waals surface area contributed by atoms with Gasteiger partial charge in [0.1, 0.15) is 11.5 Å².